The normalized spacial score (nSPS) is 11.4. The molecule has 0 bridgehead atoms. The number of ketones is 5. The fourth-order valence-electron chi connectivity index (χ4n) is 10.7. The van der Waals surface area contributed by atoms with E-state index in [9.17, 15) is 28.4 Å². The number of hydrogen-bond acceptors (Lipinski definition) is 27. The Labute approximate surface area is 554 Å². The zero-order chi connectivity index (χ0) is 70.1. The number of carbonyl (C=O) groups is 5. The van der Waals surface area contributed by atoms with Gasteiger partial charge in [-0.3, -0.25) is 24.0 Å². The largest absolute Gasteiger partial charge is 0.496 e. The van der Waals surface area contributed by atoms with Gasteiger partial charge in [-0.15, -0.1) is 0 Å². The summed E-state index contributed by atoms with van der Waals surface area (Å²) in [5.74, 6) is -1.48. The van der Waals surface area contributed by atoms with Crippen LogP contribution in [0.4, 0.5) is 4.39 Å². The zero-order valence-corrected chi connectivity index (χ0v) is 50.9. The number of aryl methyl sites for hydroxylation is 2. The van der Waals surface area contributed by atoms with E-state index in [0.717, 1.165) is 17.2 Å². The topological polar surface area (TPSA) is 471 Å². The molecule has 10 aromatic rings. The second kappa shape index (κ2) is 25.7. The van der Waals surface area contributed by atoms with Crippen LogP contribution in [0.25, 0.3) is 56.3 Å². The summed E-state index contributed by atoms with van der Waals surface area (Å²) in [6.45, 7) is 3.74. The second-order valence-corrected chi connectivity index (χ2v) is 20.9. The van der Waals surface area contributed by atoms with E-state index in [2.05, 4.69) is 49.8 Å². The average molecular weight is 1300 g/mol. The van der Waals surface area contributed by atoms with Crippen LogP contribution in [-0.2, 0) is 0 Å². The van der Waals surface area contributed by atoms with Crippen LogP contribution < -0.4 is 9.47 Å². The van der Waals surface area contributed by atoms with Crippen LogP contribution in [0.5, 0.6) is 11.5 Å². The van der Waals surface area contributed by atoms with Crippen molar-refractivity contribution < 1.29 is 37.8 Å². The molecule has 5 aromatic heterocycles. The van der Waals surface area contributed by atoms with Crippen molar-refractivity contribution in [3.05, 3.63) is 220 Å². The van der Waals surface area contributed by atoms with Crippen molar-refractivity contribution >= 4 is 40.5 Å². The molecule has 0 saturated heterocycles. The summed E-state index contributed by atoms with van der Waals surface area (Å²) in [6, 6.07) is 40.4. The monoisotopic (exact) mass is 1300 g/mol. The molecule has 5 aliphatic carbocycles. The fraction of sp³-hybridized carbons (Fsp3) is 0.0580. The number of methoxy groups -OCH3 is 2. The van der Waals surface area contributed by atoms with Gasteiger partial charge in [-0.1, -0.05) is 53.6 Å². The number of halogens is 2. The molecule has 0 N–H and O–H groups in total. The van der Waals surface area contributed by atoms with Gasteiger partial charge in [-0.05, 0) is 67.9 Å². The maximum absolute atomic E-state index is 13.2. The third kappa shape index (κ3) is 10.7. The van der Waals surface area contributed by atoms with Crippen LogP contribution in [0.2, 0.25) is 5.02 Å². The van der Waals surface area contributed by atoms with E-state index in [-0.39, 0.29) is 125 Å². The van der Waals surface area contributed by atoms with Crippen LogP contribution in [0, 0.1) is 133 Å². The highest BCUT2D eigenvalue weighted by Crippen LogP contribution is 2.46. The van der Waals surface area contributed by atoms with Crippen molar-refractivity contribution in [2.24, 2.45) is 0 Å². The summed E-state index contributed by atoms with van der Waals surface area (Å²) < 4.78 is 23.6. The number of benzene rings is 5. The van der Waals surface area contributed by atoms with Gasteiger partial charge in [0.05, 0.1) is 25.3 Å². The molecule has 15 rings (SSSR count). The van der Waals surface area contributed by atoms with Gasteiger partial charge in [-0.25, -0.2) is 54.2 Å². The third-order valence-electron chi connectivity index (χ3n) is 15.0. The molecule has 0 amide bonds. The Morgan fingerprint density at radius 1 is 0.327 bits per heavy atom. The first-order valence-corrected chi connectivity index (χ1v) is 28.1. The zero-order valence-electron chi connectivity index (χ0n) is 50.1. The van der Waals surface area contributed by atoms with Crippen molar-refractivity contribution in [2.45, 2.75) is 13.8 Å². The van der Waals surface area contributed by atoms with Crippen molar-refractivity contribution in [3.8, 4) is 128 Å². The molecule has 5 aliphatic rings. The summed E-state index contributed by atoms with van der Waals surface area (Å²) in [5.41, 5.74) is 7.20. The molecule has 0 saturated carbocycles. The number of rotatable bonds is 2. The Kier molecular flexibility index (Phi) is 16.8. The predicted octanol–water partition coefficient (Wildman–Crippen LogP) is 8.58. The third-order valence-corrected chi connectivity index (χ3v) is 15.3. The Balaban J connectivity index is 0.000000124. The molecule has 0 aliphatic heterocycles. The number of ether oxygens (including phenoxy) is 2. The molecule has 0 unspecified atom stereocenters. The molecule has 5 heterocycles. The van der Waals surface area contributed by atoms with Crippen LogP contribution >= 0.6 is 11.6 Å². The number of nitrogens with zero attached hydrogens (tertiary/aromatic N) is 20. The van der Waals surface area contributed by atoms with Crippen LogP contribution in [0.3, 0.4) is 0 Å². The van der Waals surface area contributed by atoms with Gasteiger partial charge in [0.2, 0.25) is 28.9 Å². The number of fused-ring (bicyclic) bond motifs is 15. The van der Waals surface area contributed by atoms with Crippen LogP contribution in [0.1, 0.15) is 148 Å². The van der Waals surface area contributed by atoms with Gasteiger partial charge in [0.1, 0.15) is 135 Å². The van der Waals surface area contributed by atoms with E-state index >= 15 is 0 Å². The molecule has 458 valence electrons. The van der Waals surface area contributed by atoms with E-state index in [0.29, 0.717) is 78.1 Å². The molecular formula is C69H26ClFN20O7. The molecule has 0 atom stereocenters. The maximum atomic E-state index is 13.2. The number of aromatic nitrogens is 10. The Morgan fingerprint density at radius 2 is 0.663 bits per heavy atom. The SMILES string of the molecule is COc1ccc(OC)c2c1C(=O)c1nc(C#N)c(C#N)nc1-2.Cc1ccc2c(c1)-c1nc(C#N)c(C#N)nc1C2=O.Cc1cccc2c1C(=O)c1nc(C#N)c(C#N)nc1-2.N#Cc1nc2c(nc1C#N)-c1ccc(Cl)cc1C2=O.N#Cc1nc2c(nc1C#N)-c1ccc(F)cc1C2=O. The van der Waals surface area contributed by atoms with E-state index in [4.69, 9.17) is 73.7 Å². The summed E-state index contributed by atoms with van der Waals surface area (Å²) in [5, 5.41) is 89.9. The predicted molar refractivity (Wildman–Crippen MR) is 329 cm³/mol. The van der Waals surface area contributed by atoms with Crippen molar-refractivity contribution in [1.82, 2.24) is 49.8 Å². The minimum atomic E-state index is -0.541. The Morgan fingerprint density at radius 3 is 1.10 bits per heavy atom. The van der Waals surface area contributed by atoms with Gasteiger partial charge < -0.3 is 9.47 Å². The molecule has 0 fully saturated rings. The van der Waals surface area contributed by atoms with Gasteiger partial charge >= 0.3 is 0 Å². The maximum Gasteiger partial charge on any atom is 0.218 e. The number of carbonyl (C=O) groups excluding carboxylic acids is 5. The molecule has 98 heavy (non-hydrogen) atoms. The molecule has 0 spiro atoms. The van der Waals surface area contributed by atoms with E-state index in [1.54, 1.807) is 78.9 Å². The summed E-state index contributed by atoms with van der Waals surface area (Å²) in [6.07, 6.45) is 0. The van der Waals surface area contributed by atoms with Crippen molar-refractivity contribution in [1.29, 1.82) is 52.6 Å². The first kappa shape index (κ1) is 64.1. The molecular weight excluding hydrogens is 1280 g/mol. The minimum Gasteiger partial charge on any atom is -0.496 e. The molecule has 5 aromatic carbocycles. The lowest BCUT2D eigenvalue weighted by atomic mass is 10.0. The van der Waals surface area contributed by atoms with Gasteiger partial charge in [-0.2, -0.15) is 52.6 Å². The molecule has 27 nitrogen and oxygen atoms in total. The van der Waals surface area contributed by atoms with Gasteiger partial charge in [0.15, 0.2) is 56.9 Å². The number of nitriles is 10. The van der Waals surface area contributed by atoms with Crippen molar-refractivity contribution in [3.63, 3.8) is 0 Å². The van der Waals surface area contributed by atoms with Gasteiger partial charge in [0.25, 0.3) is 0 Å². The first-order valence-electron chi connectivity index (χ1n) is 27.7. The summed E-state index contributed by atoms with van der Waals surface area (Å²) in [7, 11) is 2.91. The lowest BCUT2D eigenvalue weighted by molar-refractivity contribution is 0.102. The Hall–Kier alpha value is -15.4. The average Bonchev–Trinajstić information content (AvgIpc) is 1.62. The molecule has 29 heteroatoms. The highest BCUT2D eigenvalue weighted by molar-refractivity contribution is 6.32. The standard InChI is InChI=1S/C15H8N4O3.2C14H6N4O.C13H3ClN4O.C13H3FN4O/c1-21-9-3-4-10(22-2)12-11(9)13-14(15(12)20)19-8(6-17)7(5-16)18-13;1-7-2-3-8-9(4-7)12-13(14(8)19)18-11(6-16)10(5-15)17-12;1-7-3-2-4-8-11(7)14(19)13-12(8)17-9(5-15)10(6-16)18-13;2*14-6-1-2-7-8(3-6)13(19)12-11(7)17-9(4-15)10(5-16)18-12/h3-4H,1-2H3;2*2-4H,1H3;2*1-3H. The summed E-state index contributed by atoms with van der Waals surface area (Å²) in [4.78, 5) is 101. The van der Waals surface area contributed by atoms with Crippen molar-refractivity contribution in [2.75, 3.05) is 14.2 Å². The fourth-order valence-corrected chi connectivity index (χ4v) is 10.9. The molecule has 0 radical (unpaired) electrons. The highest BCUT2D eigenvalue weighted by atomic mass is 35.5. The van der Waals surface area contributed by atoms with Crippen LogP contribution in [0.15, 0.2) is 84.9 Å². The first-order chi connectivity index (χ1) is 47.3. The number of hydrogen-bond donors (Lipinski definition) is 0. The van der Waals surface area contributed by atoms with E-state index < -0.39 is 17.4 Å². The van der Waals surface area contributed by atoms with Crippen LogP contribution in [-0.4, -0.2) is 93.0 Å². The van der Waals surface area contributed by atoms with E-state index in [1.807, 2.05) is 56.3 Å². The van der Waals surface area contributed by atoms with E-state index in [1.165, 1.54) is 32.4 Å². The Bertz CT molecular complexity index is 5720. The summed E-state index contributed by atoms with van der Waals surface area (Å²) >= 11 is 5.85. The second-order valence-electron chi connectivity index (χ2n) is 20.5. The lowest BCUT2D eigenvalue weighted by Gasteiger charge is -2.10. The minimum absolute atomic E-state index is 0.0175. The van der Waals surface area contributed by atoms with Gasteiger partial charge in [0, 0.05) is 49.5 Å². The highest BCUT2D eigenvalue weighted by Gasteiger charge is 2.39. The lowest BCUT2D eigenvalue weighted by Crippen LogP contribution is -2.04. The quantitative estimate of drug-likeness (QED) is 0.156. The smallest absolute Gasteiger partial charge is 0.218 e.